The number of hydrogen-bond acceptors (Lipinski definition) is 6. The lowest BCUT2D eigenvalue weighted by Crippen LogP contribution is -2.24. The number of nitrogens with one attached hydrogen (secondary N) is 1. The molecule has 0 saturated carbocycles. The molecule has 0 bridgehead atoms. The van der Waals surface area contributed by atoms with Crippen molar-refractivity contribution < 1.29 is 18.4 Å². The summed E-state index contributed by atoms with van der Waals surface area (Å²) in [5.41, 5.74) is 1.77. The van der Waals surface area contributed by atoms with Crippen LogP contribution in [0.15, 0.2) is 53.1 Å². The maximum absolute atomic E-state index is 12.8. The van der Waals surface area contributed by atoms with Gasteiger partial charge in [0, 0.05) is 11.3 Å². The molecule has 140 valence electrons. The van der Waals surface area contributed by atoms with Crippen LogP contribution in [0.1, 0.15) is 11.5 Å². The molecule has 1 aromatic heterocycles. The highest BCUT2D eigenvalue weighted by atomic mass is 32.2. The summed E-state index contributed by atoms with van der Waals surface area (Å²) in [5.74, 6) is 2.05. The van der Waals surface area contributed by atoms with Gasteiger partial charge in [0.25, 0.3) is 0 Å². The number of hydrogen-bond donors (Lipinski definition) is 1. The molecule has 0 spiro atoms. The number of benzene rings is 2. The van der Waals surface area contributed by atoms with E-state index in [1.807, 2.05) is 24.3 Å². The molecule has 0 aliphatic heterocycles. The number of halogens is 1. The summed E-state index contributed by atoms with van der Waals surface area (Å²) in [7, 11) is 1.60. The molecule has 1 amide bonds. The van der Waals surface area contributed by atoms with E-state index in [9.17, 15) is 9.18 Å². The van der Waals surface area contributed by atoms with Crippen LogP contribution in [-0.4, -0.2) is 28.9 Å². The number of thioether (sulfide) groups is 1. The number of aromatic nitrogens is 2. The van der Waals surface area contributed by atoms with E-state index in [-0.39, 0.29) is 24.0 Å². The highest BCUT2D eigenvalue weighted by Gasteiger charge is 2.10. The normalized spacial score (nSPS) is 10.6. The molecule has 0 aliphatic carbocycles. The monoisotopic (exact) mass is 387 g/mol. The van der Waals surface area contributed by atoms with Crippen LogP contribution in [0, 0.1) is 5.82 Å². The second kappa shape index (κ2) is 9.18. The fraction of sp³-hybridized carbons (Fsp3) is 0.211. The Morgan fingerprint density at radius 1 is 1.19 bits per heavy atom. The Bertz CT molecular complexity index is 882. The third-order valence-corrected chi connectivity index (χ3v) is 4.67. The van der Waals surface area contributed by atoms with Gasteiger partial charge >= 0.3 is 0 Å². The molecule has 0 radical (unpaired) electrons. The van der Waals surface area contributed by atoms with E-state index >= 15 is 0 Å². The third-order valence-electron chi connectivity index (χ3n) is 3.67. The fourth-order valence-corrected chi connectivity index (χ4v) is 3.07. The first-order valence-corrected chi connectivity index (χ1v) is 9.35. The Labute approximate surface area is 160 Å². The maximum Gasteiger partial charge on any atom is 0.246 e. The molecular formula is C19H18FN3O3S. The summed E-state index contributed by atoms with van der Waals surface area (Å²) in [5, 5.41) is 6.66. The van der Waals surface area contributed by atoms with Crippen LogP contribution >= 0.6 is 11.8 Å². The summed E-state index contributed by atoms with van der Waals surface area (Å²) in [6.07, 6.45) is 0. The zero-order valence-corrected chi connectivity index (χ0v) is 15.5. The zero-order chi connectivity index (χ0) is 19.1. The van der Waals surface area contributed by atoms with Crippen molar-refractivity contribution in [1.29, 1.82) is 0 Å². The molecule has 8 heteroatoms. The molecule has 2 aromatic carbocycles. The van der Waals surface area contributed by atoms with Crippen molar-refractivity contribution in [2.75, 3.05) is 12.9 Å². The molecule has 0 fully saturated rings. The summed E-state index contributed by atoms with van der Waals surface area (Å²) in [4.78, 5) is 16.2. The predicted molar refractivity (Wildman–Crippen MR) is 101 cm³/mol. The van der Waals surface area contributed by atoms with Crippen LogP contribution in [0.3, 0.4) is 0 Å². The SMILES string of the molecule is COc1ccc(-c2noc(CNC(=O)CSCc3ccc(F)cc3)n2)cc1. The van der Waals surface area contributed by atoms with Gasteiger partial charge in [-0.1, -0.05) is 17.3 Å². The second-order valence-corrected chi connectivity index (χ2v) is 6.62. The quantitative estimate of drug-likeness (QED) is 0.638. The first-order valence-electron chi connectivity index (χ1n) is 8.20. The van der Waals surface area contributed by atoms with Gasteiger partial charge in [-0.25, -0.2) is 4.39 Å². The van der Waals surface area contributed by atoms with E-state index in [0.717, 1.165) is 16.9 Å². The van der Waals surface area contributed by atoms with Crippen molar-refractivity contribution in [3.8, 4) is 17.1 Å². The van der Waals surface area contributed by atoms with Gasteiger partial charge in [0.2, 0.25) is 17.6 Å². The van der Waals surface area contributed by atoms with E-state index in [4.69, 9.17) is 9.26 Å². The molecule has 0 atom stereocenters. The molecule has 0 aliphatic rings. The Hall–Kier alpha value is -2.87. The lowest BCUT2D eigenvalue weighted by Gasteiger charge is -2.03. The predicted octanol–water partition coefficient (Wildman–Crippen LogP) is 3.43. The topological polar surface area (TPSA) is 77.3 Å². The lowest BCUT2D eigenvalue weighted by molar-refractivity contribution is -0.118. The van der Waals surface area contributed by atoms with Gasteiger partial charge in [-0.05, 0) is 42.0 Å². The van der Waals surface area contributed by atoms with Crippen molar-refractivity contribution in [1.82, 2.24) is 15.5 Å². The molecule has 27 heavy (non-hydrogen) atoms. The Morgan fingerprint density at radius 3 is 2.63 bits per heavy atom. The van der Waals surface area contributed by atoms with Crippen molar-refractivity contribution in [3.63, 3.8) is 0 Å². The summed E-state index contributed by atoms with van der Waals surface area (Å²) < 4.78 is 23.1. The number of rotatable bonds is 8. The van der Waals surface area contributed by atoms with Gasteiger partial charge in [-0.15, -0.1) is 11.8 Å². The number of ether oxygens (including phenoxy) is 1. The minimum atomic E-state index is -0.268. The number of methoxy groups -OCH3 is 1. The Balaban J connectivity index is 1.43. The van der Waals surface area contributed by atoms with E-state index in [2.05, 4.69) is 15.5 Å². The minimum absolute atomic E-state index is 0.133. The Kier molecular flexibility index (Phi) is 6.43. The third kappa shape index (κ3) is 5.55. The van der Waals surface area contributed by atoms with Crippen LogP contribution in [0.4, 0.5) is 4.39 Å². The van der Waals surface area contributed by atoms with Crippen molar-refractivity contribution in [3.05, 3.63) is 65.8 Å². The number of carbonyl (C=O) groups is 1. The van der Waals surface area contributed by atoms with Gasteiger partial charge in [0.1, 0.15) is 11.6 Å². The Morgan fingerprint density at radius 2 is 1.93 bits per heavy atom. The van der Waals surface area contributed by atoms with E-state index in [1.165, 1.54) is 23.9 Å². The number of nitrogens with zero attached hydrogens (tertiary/aromatic N) is 2. The van der Waals surface area contributed by atoms with E-state index < -0.39 is 0 Å². The molecule has 3 rings (SSSR count). The largest absolute Gasteiger partial charge is 0.497 e. The smallest absolute Gasteiger partial charge is 0.246 e. The van der Waals surface area contributed by atoms with E-state index in [1.54, 1.807) is 19.2 Å². The van der Waals surface area contributed by atoms with Crippen LogP contribution in [0.5, 0.6) is 5.75 Å². The number of carbonyl (C=O) groups excluding carboxylic acids is 1. The van der Waals surface area contributed by atoms with Gasteiger partial charge in [-0.2, -0.15) is 4.98 Å². The van der Waals surface area contributed by atoms with E-state index in [0.29, 0.717) is 17.5 Å². The van der Waals surface area contributed by atoms with Crippen LogP contribution in [-0.2, 0) is 17.1 Å². The number of amides is 1. The lowest BCUT2D eigenvalue weighted by atomic mass is 10.2. The average Bonchev–Trinajstić information content (AvgIpc) is 3.17. The van der Waals surface area contributed by atoms with Gasteiger partial charge < -0.3 is 14.6 Å². The van der Waals surface area contributed by atoms with Gasteiger partial charge in [0.05, 0.1) is 19.4 Å². The van der Waals surface area contributed by atoms with Crippen molar-refractivity contribution in [2.24, 2.45) is 0 Å². The molecule has 3 aromatic rings. The molecule has 1 heterocycles. The second-order valence-electron chi connectivity index (χ2n) is 5.64. The molecule has 0 unspecified atom stereocenters. The highest BCUT2D eigenvalue weighted by Crippen LogP contribution is 2.19. The van der Waals surface area contributed by atoms with Crippen molar-refractivity contribution >= 4 is 17.7 Å². The fourth-order valence-electron chi connectivity index (χ4n) is 2.25. The average molecular weight is 387 g/mol. The van der Waals surface area contributed by atoms with Crippen molar-refractivity contribution in [2.45, 2.75) is 12.3 Å². The standard InChI is InChI=1S/C19H18FN3O3S/c1-25-16-8-4-14(5-9-16)19-22-18(26-23-19)10-21-17(24)12-27-11-13-2-6-15(20)7-3-13/h2-9H,10-12H2,1H3,(H,21,24). The van der Waals surface area contributed by atoms with Gasteiger partial charge in [-0.3, -0.25) is 4.79 Å². The molecular weight excluding hydrogens is 369 g/mol. The summed E-state index contributed by atoms with van der Waals surface area (Å²) in [6.45, 7) is 0.166. The van der Waals surface area contributed by atoms with Gasteiger partial charge in [0.15, 0.2) is 0 Å². The zero-order valence-electron chi connectivity index (χ0n) is 14.6. The summed E-state index contributed by atoms with van der Waals surface area (Å²) in [6, 6.07) is 13.5. The summed E-state index contributed by atoms with van der Waals surface area (Å²) >= 11 is 1.45. The van der Waals surface area contributed by atoms with Crippen LogP contribution in [0.25, 0.3) is 11.4 Å². The first kappa shape index (κ1) is 18.9. The first-order chi connectivity index (χ1) is 13.1. The van der Waals surface area contributed by atoms with Crippen LogP contribution in [0.2, 0.25) is 0 Å². The molecule has 0 saturated heterocycles. The highest BCUT2D eigenvalue weighted by molar-refractivity contribution is 7.99. The molecule has 6 nitrogen and oxygen atoms in total. The minimum Gasteiger partial charge on any atom is -0.497 e. The maximum atomic E-state index is 12.8. The van der Waals surface area contributed by atoms with Crippen LogP contribution < -0.4 is 10.1 Å². The molecule has 1 N–H and O–H groups in total.